The smallest absolute Gasteiger partial charge is 0.407 e. The fraction of sp³-hybridized carbons (Fsp3) is 0.500. The number of esters is 1. The highest BCUT2D eigenvalue weighted by atomic mass is 16.6. The lowest BCUT2D eigenvalue weighted by atomic mass is 10.2. The van der Waals surface area contributed by atoms with Gasteiger partial charge < -0.3 is 24.3 Å². The molecule has 7 nitrogen and oxygen atoms in total. The van der Waals surface area contributed by atoms with Gasteiger partial charge in [0.25, 0.3) is 0 Å². The van der Waals surface area contributed by atoms with Gasteiger partial charge in [-0.05, 0) is 32.9 Å². The van der Waals surface area contributed by atoms with Gasteiger partial charge in [-0.15, -0.1) is 0 Å². The Morgan fingerprint density at radius 3 is 2.30 bits per heavy atom. The predicted octanol–water partition coefficient (Wildman–Crippen LogP) is 2.39. The van der Waals surface area contributed by atoms with Crippen molar-refractivity contribution in [2.75, 3.05) is 27.4 Å². The molecule has 0 bridgehead atoms. The lowest BCUT2D eigenvalue weighted by Crippen LogP contribution is -2.34. The Bertz CT molecular complexity index is 550. The van der Waals surface area contributed by atoms with E-state index in [4.69, 9.17) is 14.2 Å². The number of alkyl carbamates (subject to hydrolysis) is 1. The summed E-state index contributed by atoms with van der Waals surface area (Å²) in [7, 11) is 2.79. The molecule has 0 unspecified atom stereocenters. The van der Waals surface area contributed by atoms with Crippen molar-refractivity contribution in [1.82, 2.24) is 5.32 Å². The molecule has 0 aliphatic heterocycles. The summed E-state index contributed by atoms with van der Waals surface area (Å²) in [5.41, 5.74) is -0.227. The lowest BCUT2D eigenvalue weighted by Gasteiger charge is -2.19. The van der Waals surface area contributed by atoms with E-state index in [-0.39, 0.29) is 13.2 Å². The Morgan fingerprint density at radius 1 is 1.09 bits per heavy atom. The van der Waals surface area contributed by atoms with Crippen molar-refractivity contribution in [2.45, 2.75) is 26.4 Å². The number of ether oxygens (including phenoxy) is 4. The molecule has 0 radical (unpaired) electrons. The van der Waals surface area contributed by atoms with Gasteiger partial charge in [-0.2, -0.15) is 0 Å². The normalized spacial score (nSPS) is 10.7. The van der Waals surface area contributed by atoms with Crippen LogP contribution in [0, 0.1) is 0 Å². The standard InChI is InChI=1S/C16H23NO6/c1-16(2,3)23-15(19)17-6-7-22-13-9-11(14(18)21-5)8-12(10-13)20-4/h8-10H,6-7H2,1-5H3,(H,17,19). The molecule has 0 fully saturated rings. The minimum atomic E-state index is -0.548. The minimum Gasteiger partial charge on any atom is -0.497 e. The number of carbonyl (C=O) groups is 2. The van der Waals surface area contributed by atoms with Crippen LogP contribution in [-0.2, 0) is 9.47 Å². The number of nitrogens with one attached hydrogen (secondary N) is 1. The molecule has 7 heteroatoms. The maximum Gasteiger partial charge on any atom is 0.407 e. The van der Waals surface area contributed by atoms with Crippen LogP contribution in [0.3, 0.4) is 0 Å². The molecule has 23 heavy (non-hydrogen) atoms. The van der Waals surface area contributed by atoms with E-state index in [1.54, 1.807) is 39.0 Å². The van der Waals surface area contributed by atoms with Gasteiger partial charge in [0.05, 0.1) is 26.3 Å². The summed E-state index contributed by atoms with van der Waals surface area (Å²) in [6, 6.07) is 4.74. The van der Waals surface area contributed by atoms with Gasteiger partial charge in [0.15, 0.2) is 0 Å². The second kappa shape index (κ2) is 8.26. The lowest BCUT2D eigenvalue weighted by molar-refractivity contribution is 0.0519. The third-order valence-electron chi connectivity index (χ3n) is 2.58. The van der Waals surface area contributed by atoms with Crippen molar-refractivity contribution in [3.8, 4) is 11.5 Å². The highest BCUT2D eigenvalue weighted by molar-refractivity contribution is 5.90. The third-order valence-corrected chi connectivity index (χ3v) is 2.58. The van der Waals surface area contributed by atoms with Crippen LogP contribution in [0.5, 0.6) is 11.5 Å². The summed E-state index contributed by atoms with van der Waals surface area (Å²) in [5, 5.41) is 2.58. The van der Waals surface area contributed by atoms with Crippen molar-refractivity contribution >= 4 is 12.1 Å². The Kier molecular flexibility index (Phi) is 6.68. The molecule has 0 aromatic heterocycles. The van der Waals surface area contributed by atoms with Gasteiger partial charge >= 0.3 is 12.1 Å². The summed E-state index contributed by atoms with van der Waals surface area (Å²) in [6.45, 7) is 5.84. The number of hydrogen-bond acceptors (Lipinski definition) is 6. The van der Waals surface area contributed by atoms with E-state index in [1.165, 1.54) is 14.2 Å². The zero-order chi connectivity index (χ0) is 17.5. The number of hydrogen-bond donors (Lipinski definition) is 1. The van der Waals surface area contributed by atoms with E-state index in [0.29, 0.717) is 17.1 Å². The largest absolute Gasteiger partial charge is 0.497 e. The average Bonchev–Trinajstić information content (AvgIpc) is 2.48. The maximum absolute atomic E-state index is 11.6. The van der Waals surface area contributed by atoms with E-state index >= 15 is 0 Å². The van der Waals surface area contributed by atoms with Crippen molar-refractivity contribution in [1.29, 1.82) is 0 Å². The quantitative estimate of drug-likeness (QED) is 0.639. The minimum absolute atomic E-state index is 0.215. The number of methoxy groups -OCH3 is 2. The predicted molar refractivity (Wildman–Crippen MR) is 84.1 cm³/mol. The number of rotatable bonds is 6. The molecule has 1 rings (SSSR count). The van der Waals surface area contributed by atoms with Crippen molar-refractivity contribution < 1.29 is 28.5 Å². The first-order valence-corrected chi connectivity index (χ1v) is 7.12. The van der Waals surface area contributed by atoms with Crippen LogP contribution in [0.2, 0.25) is 0 Å². The molecule has 128 valence electrons. The SMILES string of the molecule is COC(=O)c1cc(OC)cc(OCCNC(=O)OC(C)(C)C)c1. The van der Waals surface area contributed by atoms with E-state index < -0.39 is 17.7 Å². The monoisotopic (exact) mass is 325 g/mol. The van der Waals surface area contributed by atoms with Crippen LogP contribution in [0.25, 0.3) is 0 Å². The Labute approximate surface area is 135 Å². The molecule has 0 aliphatic carbocycles. The Morgan fingerprint density at radius 2 is 1.74 bits per heavy atom. The summed E-state index contributed by atoms with van der Waals surface area (Å²) in [4.78, 5) is 23.1. The molecule has 1 N–H and O–H groups in total. The van der Waals surface area contributed by atoms with Gasteiger partial charge in [0.1, 0.15) is 23.7 Å². The van der Waals surface area contributed by atoms with Gasteiger partial charge in [-0.1, -0.05) is 0 Å². The van der Waals surface area contributed by atoms with Crippen LogP contribution in [0.1, 0.15) is 31.1 Å². The van der Waals surface area contributed by atoms with Crippen molar-refractivity contribution in [2.24, 2.45) is 0 Å². The number of amides is 1. The molecular formula is C16H23NO6. The highest BCUT2D eigenvalue weighted by Crippen LogP contribution is 2.23. The van der Waals surface area contributed by atoms with Crippen LogP contribution >= 0.6 is 0 Å². The summed E-state index contributed by atoms with van der Waals surface area (Å²) in [5.74, 6) is 0.430. The second-order valence-electron chi connectivity index (χ2n) is 5.67. The molecule has 0 saturated heterocycles. The van der Waals surface area contributed by atoms with E-state index in [0.717, 1.165) is 0 Å². The maximum atomic E-state index is 11.6. The molecule has 0 saturated carbocycles. The fourth-order valence-electron chi connectivity index (χ4n) is 1.64. The van der Waals surface area contributed by atoms with Gasteiger partial charge in [0.2, 0.25) is 0 Å². The van der Waals surface area contributed by atoms with E-state index in [9.17, 15) is 9.59 Å². The van der Waals surface area contributed by atoms with Crippen LogP contribution in [0.4, 0.5) is 4.79 Å². The van der Waals surface area contributed by atoms with Gasteiger partial charge in [0, 0.05) is 6.07 Å². The zero-order valence-electron chi connectivity index (χ0n) is 14.1. The molecule has 0 heterocycles. The van der Waals surface area contributed by atoms with Crippen LogP contribution in [-0.4, -0.2) is 45.0 Å². The summed E-state index contributed by atoms with van der Waals surface area (Å²) in [6.07, 6.45) is -0.512. The zero-order valence-corrected chi connectivity index (χ0v) is 14.1. The van der Waals surface area contributed by atoms with Crippen molar-refractivity contribution in [3.05, 3.63) is 23.8 Å². The molecule has 0 aliphatic rings. The molecule has 0 atom stereocenters. The number of carbonyl (C=O) groups excluding carboxylic acids is 2. The summed E-state index contributed by atoms with van der Waals surface area (Å²) < 4.78 is 20.4. The molecule has 1 amide bonds. The van der Waals surface area contributed by atoms with Crippen LogP contribution in [0.15, 0.2) is 18.2 Å². The van der Waals surface area contributed by atoms with Crippen LogP contribution < -0.4 is 14.8 Å². The van der Waals surface area contributed by atoms with Crippen molar-refractivity contribution in [3.63, 3.8) is 0 Å². The van der Waals surface area contributed by atoms with Gasteiger partial charge in [-0.3, -0.25) is 0 Å². The van der Waals surface area contributed by atoms with E-state index in [2.05, 4.69) is 10.1 Å². The molecule has 1 aromatic carbocycles. The third kappa shape index (κ3) is 6.90. The highest BCUT2D eigenvalue weighted by Gasteiger charge is 2.15. The topological polar surface area (TPSA) is 83.1 Å². The number of benzene rings is 1. The molecule has 0 spiro atoms. The first-order chi connectivity index (χ1) is 10.7. The first kappa shape index (κ1) is 18.6. The van der Waals surface area contributed by atoms with Gasteiger partial charge in [-0.25, -0.2) is 9.59 Å². The summed E-state index contributed by atoms with van der Waals surface area (Å²) >= 11 is 0. The molecular weight excluding hydrogens is 302 g/mol. The first-order valence-electron chi connectivity index (χ1n) is 7.12. The fourth-order valence-corrected chi connectivity index (χ4v) is 1.64. The second-order valence-corrected chi connectivity index (χ2v) is 5.67. The Balaban J connectivity index is 2.54. The van der Waals surface area contributed by atoms with E-state index in [1.807, 2.05) is 0 Å². The Hall–Kier alpha value is -2.44. The average molecular weight is 325 g/mol. The molecule has 1 aromatic rings.